The Morgan fingerprint density at radius 2 is 1.75 bits per heavy atom. The topological polar surface area (TPSA) is 59.3 Å². The van der Waals surface area contributed by atoms with E-state index in [1.165, 1.54) is 27.7 Å². The van der Waals surface area contributed by atoms with Crippen molar-refractivity contribution in [2.45, 2.75) is 25.7 Å². The van der Waals surface area contributed by atoms with Gasteiger partial charge in [-0.1, -0.05) is 17.4 Å². The molecule has 2 aromatic carbocycles. The van der Waals surface area contributed by atoms with E-state index in [1.807, 2.05) is 32.0 Å². The molecular formula is C22H27N4NaO2S3. The van der Waals surface area contributed by atoms with Gasteiger partial charge in [0.1, 0.15) is 0 Å². The molecule has 6 nitrogen and oxygen atoms in total. The predicted octanol–water partition coefficient (Wildman–Crippen LogP) is 3.46. The molecule has 0 aliphatic rings. The zero-order valence-corrected chi connectivity index (χ0v) is 23.5. The second-order valence-corrected chi connectivity index (χ2v) is 8.90. The molecule has 32 heavy (non-hydrogen) atoms. The number of hydrogen-bond donors (Lipinski definition) is 0. The maximum absolute atomic E-state index is 5.54. The summed E-state index contributed by atoms with van der Waals surface area (Å²) in [5.74, 6) is 0. The number of azo groups is 1. The minimum Gasteiger partial charge on any atom is -0.714 e. The number of nitrogens with zero attached hydrogens (tertiary/aromatic N) is 4. The SMILES string of the molecule is CCOCCN(CCOCC)c1ccc(N=Nc2nc3ccc(C)cc3s2)c(S[S-])c1.[Na+]. The molecule has 0 saturated heterocycles. The van der Waals surface area contributed by atoms with Gasteiger partial charge in [0.2, 0.25) is 5.13 Å². The first kappa shape index (κ1) is 27.6. The van der Waals surface area contributed by atoms with Crippen LogP contribution in [0.2, 0.25) is 0 Å². The van der Waals surface area contributed by atoms with Crippen LogP contribution < -0.4 is 34.5 Å². The Hall–Kier alpha value is -0.650. The van der Waals surface area contributed by atoms with Crippen molar-refractivity contribution < 1.29 is 39.0 Å². The Morgan fingerprint density at radius 3 is 2.41 bits per heavy atom. The zero-order valence-electron chi connectivity index (χ0n) is 19.0. The first-order chi connectivity index (χ1) is 15.1. The van der Waals surface area contributed by atoms with Crippen LogP contribution in [0.5, 0.6) is 0 Å². The molecule has 0 radical (unpaired) electrons. The van der Waals surface area contributed by atoms with Crippen molar-refractivity contribution in [3.63, 3.8) is 0 Å². The molecular weight excluding hydrogens is 471 g/mol. The number of thiazole rings is 1. The molecule has 0 amide bonds. The summed E-state index contributed by atoms with van der Waals surface area (Å²) in [4.78, 5) is 7.68. The van der Waals surface area contributed by atoms with E-state index in [0.29, 0.717) is 31.6 Å². The zero-order chi connectivity index (χ0) is 22.1. The maximum Gasteiger partial charge on any atom is 1.00 e. The van der Waals surface area contributed by atoms with Crippen LogP contribution in [-0.4, -0.2) is 44.5 Å². The molecule has 166 valence electrons. The van der Waals surface area contributed by atoms with Crippen LogP contribution in [0, 0.1) is 6.92 Å². The molecule has 0 atom stereocenters. The second kappa shape index (κ2) is 14.6. The minimum atomic E-state index is 0. The van der Waals surface area contributed by atoms with Crippen molar-refractivity contribution in [2.24, 2.45) is 10.2 Å². The van der Waals surface area contributed by atoms with E-state index in [9.17, 15) is 0 Å². The summed E-state index contributed by atoms with van der Waals surface area (Å²) in [5.41, 5.74) is 3.96. The number of ether oxygens (including phenoxy) is 2. The van der Waals surface area contributed by atoms with Crippen LogP contribution in [0.15, 0.2) is 51.5 Å². The van der Waals surface area contributed by atoms with E-state index in [0.717, 1.165) is 39.6 Å². The average Bonchev–Trinajstić information content (AvgIpc) is 3.18. The molecule has 0 N–H and O–H groups in total. The third-order valence-corrected chi connectivity index (χ3v) is 6.54. The van der Waals surface area contributed by atoms with E-state index in [1.54, 1.807) is 0 Å². The van der Waals surface area contributed by atoms with E-state index < -0.39 is 0 Å². The Kier molecular flexibility index (Phi) is 12.6. The smallest absolute Gasteiger partial charge is 0.714 e. The largest absolute Gasteiger partial charge is 1.00 e. The van der Waals surface area contributed by atoms with E-state index in [4.69, 9.17) is 21.1 Å². The monoisotopic (exact) mass is 498 g/mol. The maximum atomic E-state index is 5.54. The van der Waals surface area contributed by atoms with Gasteiger partial charge in [-0.15, -0.1) is 10.2 Å². The normalized spacial score (nSPS) is 11.2. The Balaban J connectivity index is 0.00000363. The van der Waals surface area contributed by atoms with Crippen LogP contribution in [0.25, 0.3) is 10.2 Å². The molecule has 0 saturated carbocycles. The molecule has 0 unspecified atom stereocenters. The fourth-order valence-corrected chi connectivity index (χ4v) is 4.67. The van der Waals surface area contributed by atoms with Crippen molar-refractivity contribution in [1.82, 2.24) is 4.98 Å². The van der Waals surface area contributed by atoms with Gasteiger partial charge in [0, 0.05) is 36.9 Å². The van der Waals surface area contributed by atoms with Crippen molar-refractivity contribution in [3.05, 3.63) is 42.0 Å². The van der Waals surface area contributed by atoms with Crippen molar-refractivity contribution >= 4 is 60.5 Å². The summed E-state index contributed by atoms with van der Waals surface area (Å²) in [6, 6.07) is 12.2. The number of anilines is 1. The summed E-state index contributed by atoms with van der Waals surface area (Å²) in [7, 11) is 1.25. The first-order valence-electron chi connectivity index (χ1n) is 10.3. The van der Waals surface area contributed by atoms with Crippen molar-refractivity contribution in [1.29, 1.82) is 0 Å². The van der Waals surface area contributed by atoms with Gasteiger partial charge < -0.3 is 26.0 Å². The van der Waals surface area contributed by atoms with Gasteiger partial charge in [0.05, 0.1) is 29.1 Å². The van der Waals surface area contributed by atoms with Gasteiger partial charge in [-0.3, -0.25) is 10.8 Å². The van der Waals surface area contributed by atoms with E-state index in [-0.39, 0.29) is 29.6 Å². The molecule has 1 aromatic heterocycles. The second-order valence-electron chi connectivity index (χ2n) is 6.78. The Morgan fingerprint density at radius 1 is 1.03 bits per heavy atom. The number of aryl methyl sites for hydroxylation is 1. The average molecular weight is 499 g/mol. The molecule has 10 heteroatoms. The van der Waals surface area contributed by atoms with Crippen LogP contribution in [-0.2, 0) is 21.1 Å². The van der Waals surface area contributed by atoms with Gasteiger partial charge in [0.25, 0.3) is 0 Å². The molecule has 1 heterocycles. The first-order valence-corrected chi connectivity index (χ1v) is 12.8. The van der Waals surface area contributed by atoms with Crippen molar-refractivity contribution in [2.75, 3.05) is 44.4 Å². The molecule has 0 aliphatic heterocycles. The van der Waals surface area contributed by atoms with Crippen LogP contribution >= 0.6 is 22.1 Å². The third-order valence-electron chi connectivity index (χ3n) is 4.59. The summed E-state index contributed by atoms with van der Waals surface area (Å²) < 4.78 is 12.2. The molecule has 3 aromatic rings. The minimum absolute atomic E-state index is 0. The summed E-state index contributed by atoms with van der Waals surface area (Å²) in [5, 5.41) is 9.44. The van der Waals surface area contributed by atoms with Gasteiger partial charge in [-0.2, -0.15) is 0 Å². The molecule has 0 spiro atoms. The number of rotatable bonds is 12. The van der Waals surface area contributed by atoms with Gasteiger partial charge in [-0.05, 0) is 56.7 Å². The van der Waals surface area contributed by atoms with Crippen molar-refractivity contribution in [3.8, 4) is 0 Å². The Bertz CT molecular complexity index is 1010. The van der Waals surface area contributed by atoms with E-state index in [2.05, 4.69) is 45.2 Å². The number of hydrogen-bond acceptors (Lipinski definition) is 9. The van der Waals surface area contributed by atoms with Crippen LogP contribution in [0.4, 0.5) is 16.5 Å². The standard InChI is InChI=1S/C22H28N4O2S3.Na/c1-4-27-12-10-26(11-13-28-5-2)17-7-9-19(21(15-17)31-29)24-25-22-23-18-8-6-16(3)14-20(18)30-22;/h6-9,14-15,29H,4-5,10-13H2,1-3H3;/q;+1/p-1. The summed E-state index contributed by atoms with van der Waals surface area (Å²) in [6.45, 7) is 10.4. The fraction of sp³-hybridized carbons (Fsp3) is 0.409. The third kappa shape index (κ3) is 7.99. The summed E-state index contributed by atoms with van der Waals surface area (Å²) >= 11 is 6.83. The van der Waals surface area contributed by atoms with Crippen LogP contribution in [0.3, 0.4) is 0 Å². The fourth-order valence-electron chi connectivity index (χ4n) is 3.02. The van der Waals surface area contributed by atoms with Gasteiger partial charge >= 0.3 is 29.6 Å². The predicted molar refractivity (Wildman–Crippen MR) is 133 cm³/mol. The number of benzene rings is 2. The molecule has 0 bridgehead atoms. The van der Waals surface area contributed by atoms with Gasteiger partial charge in [-0.25, -0.2) is 4.98 Å². The molecule has 3 rings (SSSR count). The quantitative estimate of drug-likeness (QED) is 0.125. The van der Waals surface area contributed by atoms with Gasteiger partial charge in [0.15, 0.2) is 0 Å². The van der Waals surface area contributed by atoms with Crippen LogP contribution in [0.1, 0.15) is 19.4 Å². The Labute approximate surface area is 225 Å². The molecule has 0 fully saturated rings. The van der Waals surface area contributed by atoms with E-state index >= 15 is 0 Å². The number of fused-ring (bicyclic) bond motifs is 1. The summed E-state index contributed by atoms with van der Waals surface area (Å²) in [6.07, 6.45) is 0. The number of aromatic nitrogens is 1. The molecule has 0 aliphatic carbocycles.